The summed E-state index contributed by atoms with van der Waals surface area (Å²) < 4.78 is 15.1. The summed E-state index contributed by atoms with van der Waals surface area (Å²) in [5.74, 6) is -1.05. The lowest BCUT2D eigenvalue weighted by atomic mass is 10.2. The van der Waals surface area contributed by atoms with Gasteiger partial charge < -0.3 is 16.4 Å². The van der Waals surface area contributed by atoms with Crippen molar-refractivity contribution in [3.63, 3.8) is 0 Å². The van der Waals surface area contributed by atoms with Crippen molar-refractivity contribution in [1.29, 1.82) is 0 Å². The maximum atomic E-state index is 13.9. The monoisotopic (exact) mass is 343 g/mol. The topological polar surface area (TPSA) is 128 Å². The molecule has 0 saturated heterocycles. The lowest BCUT2D eigenvalue weighted by molar-refractivity contribution is -0.123. The summed E-state index contributed by atoms with van der Waals surface area (Å²) in [5, 5.41) is 15.6. The number of aryl methyl sites for hydroxylation is 1. The minimum absolute atomic E-state index is 0. The summed E-state index contributed by atoms with van der Waals surface area (Å²) >= 11 is 0. The lowest BCUT2D eigenvalue weighted by Crippen LogP contribution is -2.36. The van der Waals surface area contributed by atoms with Crippen LogP contribution in [0.3, 0.4) is 0 Å². The molecule has 0 unspecified atom stereocenters. The Balaban J connectivity index is 0.00000264. The van der Waals surface area contributed by atoms with Crippen molar-refractivity contribution in [3.05, 3.63) is 29.8 Å². The Bertz CT molecular complexity index is 706. The van der Waals surface area contributed by atoms with Gasteiger partial charge in [0.25, 0.3) is 0 Å². The van der Waals surface area contributed by atoms with Crippen molar-refractivity contribution in [3.8, 4) is 5.69 Å². The van der Waals surface area contributed by atoms with Gasteiger partial charge in [-0.25, -0.2) is 4.39 Å². The van der Waals surface area contributed by atoms with Gasteiger partial charge in [0.05, 0.1) is 13.1 Å². The lowest BCUT2D eigenvalue weighted by Gasteiger charge is -2.09. The Kier molecular flexibility index (Phi) is 6.54. The van der Waals surface area contributed by atoms with E-state index in [4.69, 9.17) is 5.73 Å². The molecule has 0 fully saturated rings. The third-order valence-corrected chi connectivity index (χ3v) is 2.71. The minimum Gasteiger partial charge on any atom is -0.346 e. The number of nitrogens with two attached hydrogens (primary N) is 1. The molecule has 0 atom stereocenters. The number of halogens is 2. The van der Waals surface area contributed by atoms with Gasteiger partial charge in [-0.15, -0.1) is 17.5 Å². The highest BCUT2D eigenvalue weighted by Gasteiger charge is 2.12. The first-order valence-corrected chi connectivity index (χ1v) is 6.32. The van der Waals surface area contributed by atoms with Gasteiger partial charge in [-0.05, 0) is 35.5 Å². The van der Waals surface area contributed by atoms with Gasteiger partial charge in [-0.2, -0.15) is 4.68 Å². The number of tetrazole rings is 1. The van der Waals surface area contributed by atoms with Crippen molar-refractivity contribution >= 4 is 29.9 Å². The Labute approximate surface area is 136 Å². The maximum absolute atomic E-state index is 13.9. The van der Waals surface area contributed by atoms with Crippen molar-refractivity contribution in [2.45, 2.75) is 6.92 Å². The van der Waals surface area contributed by atoms with Crippen LogP contribution >= 0.6 is 12.4 Å². The maximum Gasteiger partial charge on any atom is 0.243 e. The highest BCUT2D eigenvalue weighted by molar-refractivity contribution is 5.94. The molecule has 2 rings (SSSR count). The van der Waals surface area contributed by atoms with E-state index in [1.165, 1.54) is 22.9 Å². The number of carbonyl (C=O) groups is 2. The van der Waals surface area contributed by atoms with Crippen LogP contribution in [0.15, 0.2) is 18.2 Å². The molecular weight excluding hydrogens is 329 g/mol. The molecule has 0 aliphatic heterocycles. The summed E-state index contributed by atoms with van der Waals surface area (Å²) in [6.45, 7) is 1.19. The molecule has 11 heteroatoms. The van der Waals surface area contributed by atoms with Crippen LogP contribution in [0.2, 0.25) is 0 Å². The molecule has 0 aliphatic carbocycles. The van der Waals surface area contributed by atoms with Crippen LogP contribution in [-0.2, 0) is 9.59 Å². The average molecular weight is 344 g/mol. The Hall–Kier alpha value is -2.59. The second kappa shape index (κ2) is 8.15. The zero-order chi connectivity index (χ0) is 16.1. The van der Waals surface area contributed by atoms with Crippen LogP contribution in [-0.4, -0.2) is 45.1 Å². The van der Waals surface area contributed by atoms with E-state index < -0.39 is 17.6 Å². The molecule has 0 spiro atoms. The van der Waals surface area contributed by atoms with Gasteiger partial charge >= 0.3 is 0 Å². The van der Waals surface area contributed by atoms with Crippen molar-refractivity contribution in [1.82, 2.24) is 25.5 Å². The Morgan fingerprint density at radius 2 is 2.09 bits per heavy atom. The largest absolute Gasteiger partial charge is 0.346 e. The summed E-state index contributed by atoms with van der Waals surface area (Å²) in [5.41, 5.74) is 5.56. The van der Waals surface area contributed by atoms with E-state index in [1.54, 1.807) is 6.92 Å². The van der Waals surface area contributed by atoms with E-state index in [9.17, 15) is 14.0 Å². The van der Waals surface area contributed by atoms with Gasteiger partial charge in [0.15, 0.2) is 5.82 Å². The van der Waals surface area contributed by atoms with Crippen molar-refractivity contribution in [2.75, 3.05) is 18.4 Å². The number of benzene rings is 1. The molecule has 4 N–H and O–H groups in total. The van der Waals surface area contributed by atoms with Gasteiger partial charge in [-0.3, -0.25) is 9.59 Å². The zero-order valence-electron chi connectivity index (χ0n) is 12.1. The molecule has 1 aromatic heterocycles. The fourth-order valence-corrected chi connectivity index (χ4v) is 1.66. The van der Waals surface area contributed by atoms with Crippen molar-refractivity contribution in [2.24, 2.45) is 5.73 Å². The van der Waals surface area contributed by atoms with Crippen LogP contribution in [0.4, 0.5) is 10.1 Å². The van der Waals surface area contributed by atoms with E-state index in [0.29, 0.717) is 11.5 Å². The molecular formula is C12H15ClFN7O2. The fraction of sp³-hybridized carbons (Fsp3) is 0.250. The molecule has 0 saturated carbocycles. The molecule has 23 heavy (non-hydrogen) atoms. The predicted octanol–water partition coefficient (Wildman–Crippen LogP) is -0.455. The van der Waals surface area contributed by atoms with Crippen LogP contribution in [0.1, 0.15) is 5.82 Å². The second-order valence-electron chi connectivity index (χ2n) is 4.33. The molecule has 0 bridgehead atoms. The number of hydrogen-bond donors (Lipinski definition) is 3. The molecule has 1 aromatic carbocycles. The first-order chi connectivity index (χ1) is 10.5. The molecule has 9 nitrogen and oxygen atoms in total. The number of rotatable bonds is 5. The average Bonchev–Trinajstić information content (AvgIpc) is 2.92. The third-order valence-electron chi connectivity index (χ3n) is 2.71. The summed E-state index contributed by atoms with van der Waals surface area (Å²) in [4.78, 5) is 22.6. The van der Waals surface area contributed by atoms with E-state index in [1.807, 2.05) is 0 Å². The zero-order valence-corrected chi connectivity index (χ0v) is 12.9. The molecule has 0 radical (unpaired) electrons. The molecule has 124 valence electrons. The number of nitrogens with one attached hydrogen (secondary N) is 2. The van der Waals surface area contributed by atoms with Gasteiger partial charge in [0.2, 0.25) is 11.8 Å². The fourth-order valence-electron chi connectivity index (χ4n) is 1.66. The number of carbonyl (C=O) groups excluding carboxylic acids is 2. The second-order valence-corrected chi connectivity index (χ2v) is 4.33. The summed E-state index contributed by atoms with van der Waals surface area (Å²) in [7, 11) is 0. The summed E-state index contributed by atoms with van der Waals surface area (Å²) in [6.07, 6.45) is 0. The normalized spacial score (nSPS) is 9.87. The summed E-state index contributed by atoms with van der Waals surface area (Å²) in [6, 6.07) is 3.97. The molecule has 0 aliphatic rings. The highest BCUT2D eigenvalue weighted by Crippen LogP contribution is 2.18. The Morgan fingerprint density at radius 1 is 1.35 bits per heavy atom. The number of anilines is 1. The minimum atomic E-state index is -0.537. The van der Waals surface area contributed by atoms with E-state index in [0.717, 1.165) is 0 Å². The number of nitrogens with zero attached hydrogens (tertiary/aromatic N) is 4. The van der Waals surface area contributed by atoms with Gasteiger partial charge in [0, 0.05) is 5.69 Å². The predicted molar refractivity (Wildman–Crippen MR) is 81.8 cm³/mol. The van der Waals surface area contributed by atoms with Crippen LogP contribution in [0, 0.1) is 12.7 Å². The number of hydrogen-bond acceptors (Lipinski definition) is 6. The van der Waals surface area contributed by atoms with E-state index >= 15 is 0 Å². The third kappa shape index (κ3) is 4.69. The standard InChI is InChI=1S/C12H14FN7O2.ClH/c1-7-17-18-19-20(7)10-4-8(2-3-9(10)13)16-12(22)6-15-11(21)5-14;/h2-4H,5-6,14H2,1H3,(H,15,21)(H,16,22);1H. The SMILES string of the molecule is Cc1nnnn1-c1cc(NC(=O)CNC(=O)CN)ccc1F.Cl. The van der Waals surface area contributed by atoms with E-state index in [2.05, 4.69) is 26.2 Å². The molecule has 2 amide bonds. The van der Waals surface area contributed by atoms with Crippen LogP contribution < -0.4 is 16.4 Å². The highest BCUT2D eigenvalue weighted by atomic mass is 35.5. The quantitative estimate of drug-likeness (QED) is 0.674. The van der Waals surface area contributed by atoms with Crippen LogP contribution in [0.5, 0.6) is 0 Å². The first kappa shape index (κ1) is 18.5. The van der Waals surface area contributed by atoms with Gasteiger partial charge in [-0.1, -0.05) is 0 Å². The Morgan fingerprint density at radius 3 is 2.70 bits per heavy atom. The molecule has 2 aromatic rings. The van der Waals surface area contributed by atoms with Crippen molar-refractivity contribution < 1.29 is 14.0 Å². The molecule has 1 heterocycles. The van der Waals surface area contributed by atoms with Gasteiger partial charge in [0.1, 0.15) is 11.5 Å². The number of aromatic nitrogens is 4. The van der Waals surface area contributed by atoms with E-state index in [-0.39, 0.29) is 31.2 Å². The number of amides is 2. The smallest absolute Gasteiger partial charge is 0.243 e. The first-order valence-electron chi connectivity index (χ1n) is 6.32. The van der Waals surface area contributed by atoms with Crippen LogP contribution in [0.25, 0.3) is 5.69 Å².